The Morgan fingerprint density at radius 1 is 1.13 bits per heavy atom. The minimum absolute atomic E-state index is 0.0217. The summed E-state index contributed by atoms with van der Waals surface area (Å²) in [5.41, 5.74) is 1.17. The van der Waals surface area contributed by atoms with Crippen molar-refractivity contribution in [1.82, 2.24) is 9.21 Å². The van der Waals surface area contributed by atoms with Crippen molar-refractivity contribution in [2.45, 2.75) is 56.7 Å². The van der Waals surface area contributed by atoms with Crippen molar-refractivity contribution in [2.24, 2.45) is 5.92 Å². The molecule has 1 aliphatic carbocycles. The van der Waals surface area contributed by atoms with E-state index in [1.807, 2.05) is 31.7 Å². The third kappa shape index (κ3) is 4.50. The number of benzene rings is 1. The molecule has 2 fully saturated rings. The Bertz CT molecular complexity index is 976. The molecule has 1 amide bonds. The summed E-state index contributed by atoms with van der Waals surface area (Å²) in [6.07, 6.45) is 7.16. The van der Waals surface area contributed by atoms with Crippen LogP contribution in [0.2, 0.25) is 0 Å². The second-order valence-electron chi connectivity index (χ2n) is 8.68. The van der Waals surface area contributed by atoms with Crippen molar-refractivity contribution >= 4 is 16.1 Å². The quantitative estimate of drug-likeness (QED) is 0.691. The van der Waals surface area contributed by atoms with Crippen molar-refractivity contribution in [1.29, 1.82) is 0 Å². The first-order valence-electron chi connectivity index (χ1n) is 10.8. The van der Waals surface area contributed by atoms with Gasteiger partial charge in [0.15, 0.2) is 0 Å². The van der Waals surface area contributed by atoms with E-state index in [1.54, 1.807) is 24.3 Å². The lowest BCUT2D eigenvalue weighted by Gasteiger charge is -2.45. The number of hydrogen-bond donors (Lipinski definition) is 0. The third-order valence-electron chi connectivity index (χ3n) is 6.05. The number of allylic oxidation sites excluding steroid dienone is 2. The number of carbonyl (C=O) groups is 1. The summed E-state index contributed by atoms with van der Waals surface area (Å²) in [4.78, 5) is 14.6. The number of sulfonamides is 1. The summed E-state index contributed by atoms with van der Waals surface area (Å²) in [6.45, 7) is 7.03. The SMILES string of the molecule is CC1=CC2COC(=O)N(C3CCN(S(=O)(=O)c4ccc(OC(C)C)cc4)CC3)C2C=C1. The van der Waals surface area contributed by atoms with E-state index in [0.717, 1.165) is 0 Å². The first-order chi connectivity index (χ1) is 14.8. The average molecular weight is 447 g/mol. The first-order valence-corrected chi connectivity index (χ1v) is 12.3. The van der Waals surface area contributed by atoms with Gasteiger partial charge in [-0.3, -0.25) is 4.90 Å². The second kappa shape index (κ2) is 8.67. The molecule has 0 saturated carbocycles. The predicted molar refractivity (Wildman–Crippen MR) is 117 cm³/mol. The lowest BCUT2D eigenvalue weighted by molar-refractivity contribution is 0.00595. The van der Waals surface area contributed by atoms with Crippen LogP contribution in [0.4, 0.5) is 4.79 Å². The zero-order valence-corrected chi connectivity index (χ0v) is 19.0. The summed E-state index contributed by atoms with van der Waals surface area (Å²) in [7, 11) is -3.59. The summed E-state index contributed by atoms with van der Waals surface area (Å²) < 4.78 is 38.7. The van der Waals surface area contributed by atoms with Crippen LogP contribution in [-0.4, -0.2) is 61.6 Å². The minimum Gasteiger partial charge on any atom is -0.491 e. The number of nitrogens with zero attached hydrogens (tertiary/aromatic N) is 2. The van der Waals surface area contributed by atoms with Crippen LogP contribution in [0.3, 0.4) is 0 Å². The number of hydrogen-bond acceptors (Lipinski definition) is 5. The van der Waals surface area contributed by atoms with Gasteiger partial charge in [-0.1, -0.05) is 23.8 Å². The molecule has 2 saturated heterocycles. The van der Waals surface area contributed by atoms with E-state index >= 15 is 0 Å². The topological polar surface area (TPSA) is 76.2 Å². The lowest BCUT2D eigenvalue weighted by Crippen LogP contribution is -2.57. The van der Waals surface area contributed by atoms with Crippen LogP contribution in [0, 0.1) is 5.92 Å². The number of amides is 1. The third-order valence-corrected chi connectivity index (χ3v) is 7.97. The van der Waals surface area contributed by atoms with Gasteiger partial charge in [-0.05, 0) is 57.9 Å². The van der Waals surface area contributed by atoms with Gasteiger partial charge in [0, 0.05) is 25.0 Å². The molecule has 0 aromatic heterocycles. The molecule has 31 heavy (non-hydrogen) atoms. The molecule has 0 radical (unpaired) electrons. The predicted octanol–water partition coefficient (Wildman–Crippen LogP) is 3.58. The summed E-state index contributed by atoms with van der Waals surface area (Å²) >= 11 is 0. The van der Waals surface area contributed by atoms with Crippen molar-refractivity contribution in [3.8, 4) is 5.75 Å². The summed E-state index contributed by atoms with van der Waals surface area (Å²) in [5.74, 6) is 0.798. The van der Waals surface area contributed by atoms with E-state index in [-0.39, 0.29) is 35.1 Å². The van der Waals surface area contributed by atoms with E-state index in [1.165, 1.54) is 9.88 Å². The Morgan fingerprint density at radius 2 is 1.81 bits per heavy atom. The number of rotatable bonds is 5. The van der Waals surface area contributed by atoms with E-state index < -0.39 is 10.0 Å². The van der Waals surface area contributed by atoms with Crippen molar-refractivity contribution in [2.75, 3.05) is 19.7 Å². The molecule has 3 aliphatic rings. The molecule has 2 aliphatic heterocycles. The van der Waals surface area contributed by atoms with Crippen LogP contribution >= 0.6 is 0 Å². The molecule has 2 heterocycles. The number of ether oxygens (including phenoxy) is 2. The highest BCUT2D eigenvalue weighted by atomic mass is 32.2. The normalized spacial score (nSPS) is 25.2. The molecule has 1 aromatic carbocycles. The van der Waals surface area contributed by atoms with Crippen molar-refractivity contribution in [3.05, 3.63) is 48.1 Å². The van der Waals surface area contributed by atoms with E-state index in [0.29, 0.717) is 38.3 Å². The van der Waals surface area contributed by atoms with Gasteiger partial charge in [-0.25, -0.2) is 13.2 Å². The van der Waals surface area contributed by atoms with Crippen LogP contribution in [0.15, 0.2) is 53.0 Å². The molecule has 8 heteroatoms. The molecule has 0 N–H and O–H groups in total. The lowest BCUT2D eigenvalue weighted by atomic mass is 9.88. The Balaban J connectivity index is 1.43. The van der Waals surface area contributed by atoms with Crippen LogP contribution in [0.1, 0.15) is 33.6 Å². The van der Waals surface area contributed by atoms with Crippen molar-refractivity contribution in [3.63, 3.8) is 0 Å². The van der Waals surface area contributed by atoms with Crippen LogP contribution < -0.4 is 4.74 Å². The minimum atomic E-state index is -3.59. The van der Waals surface area contributed by atoms with Crippen LogP contribution in [-0.2, 0) is 14.8 Å². The maximum Gasteiger partial charge on any atom is 0.410 e. The highest BCUT2D eigenvalue weighted by Gasteiger charge is 2.42. The molecule has 4 rings (SSSR count). The number of carbonyl (C=O) groups excluding carboxylic acids is 1. The van der Waals surface area contributed by atoms with Crippen LogP contribution in [0.5, 0.6) is 5.75 Å². The molecule has 1 aromatic rings. The fraction of sp³-hybridized carbons (Fsp3) is 0.522. The van der Waals surface area contributed by atoms with Crippen LogP contribution in [0.25, 0.3) is 0 Å². The van der Waals surface area contributed by atoms with E-state index in [9.17, 15) is 13.2 Å². The van der Waals surface area contributed by atoms with Gasteiger partial charge in [-0.15, -0.1) is 0 Å². The highest BCUT2D eigenvalue weighted by molar-refractivity contribution is 7.89. The molecule has 0 spiro atoms. The fourth-order valence-corrected chi connectivity index (χ4v) is 6.03. The van der Waals surface area contributed by atoms with E-state index in [4.69, 9.17) is 9.47 Å². The van der Waals surface area contributed by atoms with Gasteiger partial charge in [-0.2, -0.15) is 4.31 Å². The number of piperidine rings is 1. The summed E-state index contributed by atoms with van der Waals surface area (Å²) in [5, 5.41) is 0. The average Bonchev–Trinajstić information content (AvgIpc) is 2.74. The number of cyclic esters (lactones) is 1. The maximum atomic E-state index is 13.1. The standard InChI is InChI=1S/C23H30N2O5S/c1-16(2)30-20-5-7-21(8-6-20)31(27,28)24-12-10-19(11-13-24)25-22-9-4-17(3)14-18(22)15-29-23(25)26/h4-9,14,16,18-19,22H,10-13,15H2,1-3H3. The molecular formula is C23H30N2O5S. The van der Waals surface area contributed by atoms with Gasteiger partial charge in [0.1, 0.15) is 12.4 Å². The Kier molecular flexibility index (Phi) is 6.12. The molecule has 2 unspecified atom stereocenters. The zero-order valence-electron chi connectivity index (χ0n) is 18.2. The van der Waals surface area contributed by atoms with Gasteiger partial charge in [0.25, 0.3) is 0 Å². The Hall–Kier alpha value is -2.32. The van der Waals surface area contributed by atoms with Gasteiger partial charge < -0.3 is 9.47 Å². The zero-order chi connectivity index (χ0) is 22.2. The monoisotopic (exact) mass is 446 g/mol. The molecular weight excluding hydrogens is 416 g/mol. The summed E-state index contributed by atoms with van der Waals surface area (Å²) in [6, 6.07) is 6.50. The number of fused-ring (bicyclic) bond motifs is 1. The van der Waals surface area contributed by atoms with Gasteiger partial charge >= 0.3 is 6.09 Å². The first kappa shape index (κ1) is 21.9. The van der Waals surface area contributed by atoms with E-state index in [2.05, 4.69) is 12.2 Å². The second-order valence-corrected chi connectivity index (χ2v) is 10.6. The maximum absolute atomic E-state index is 13.1. The molecule has 168 valence electrons. The van der Waals surface area contributed by atoms with Gasteiger partial charge in [0.2, 0.25) is 10.0 Å². The fourth-order valence-electron chi connectivity index (χ4n) is 4.56. The molecule has 7 nitrogen and oxygen atoms in total. The Labute approximate surface area is 184 Å². The highest BCUT2D eigenvalue weighted by Crippen LogP contribution is 2.32. The molecule has 2 atom stereocenters. The Morgan fingerprint density at radius 3 is 2.45 bits per heavy atom. The largest absolute Gasteiger partial charge is 0.491 e. The van der Waals surface area contributed by atoms with Gasteiger partial charge in [0.05, 0.1) is 17.0 Å². The molecule has 0 bridgehead atoms. The smallest absolute Gasteiger partial charge is 0.410 e. The van der Waals surface area contributed by atoms with Crippen molar-refractivity contribution < 1.29 is 22.7 Å².